The lowest BCUT2D eigenvalue weighted by Crippen LogP contribution is -2.30. The van der Waals surface area contributed by atoms with Crippen molar-refractivity contribution in [1.82, 2.24) is 0 Å². The zero-order chi connectivity index (χ0) is 86.7. The Morgan fingerprint density at radius 3 is 1.01 bits per heavy atom. The van der Waals surface area contributed by atoms with Crippen LogP contribution < -0.4 is 28.4 Å². The zero-order valence-electron chi connectivity index (χ0n) is 74.5. The molecule has 0 bridgehead atoms. The maximum absolute atomic E-state index is 13.7. The lowest BCUT2D eigenvalue weighted by Gasteiger charge is -2.28. The first-order valence-corrected chi connectivity index (χ1v) is 45.4. The molecule has 12 nitrogen and oxygen atoms in total. The highest BCUT2D eigenvalue weighted by molar-refractivity contribution is 6.11. The number of esters is 2. The summed E-state index contributed by atoms with van der Waals surface area (Å²) >= 11 is 0. The van der Waals surface area contributed by atoms with Gasteiger partial charge in [0.05, 0.1) is 30.9 Å². The van der Waals surface area contributed by atoms with Crippen molar-refractivity contribution in [3.8, 4) is 56.8 Å². The smallest absolute Gasteiger partial charge is 0.338 e. The maximum atomic E-state index is 13.7. The third kappa shape index (κ3) is 24.9. The van der Waals surface area contributed by atoms with Gasteiger partial charge < -0.3 is 47.4 Å². The first-order valence-electron chi connectivity index (χ1n) is 45.4. The molecule has 13 aromatic carbocycles. The van der Waals surface area contributed by atoms with Gasteiger partial charge in [0.15, 0.2) is 19.0 Å². The first-order chi connectivity index (χ1) is 60.6. The van der Waals surface area contributed by atoms with Crippen molar-refractivity contribution in [2.24, 2.45) is 29.6 Å². The summed E-state index contributed by atoms with van der Waals surface area (Å²) in [7, 11) is 0. The van der Waals surface area contributed by atoms with Crippen molar-refractivity contribution in [3.63, 3.8) is 0 Å². The second-order valence-corrected chi connectivity index (χ2v) is 31.2. The number of ether oxygens (including phenoxy) is 10. The third-order valence-electron chi connectivity index (χ3n) is 23.1. The molecule has 2 fully saturated rings. The summed E-state index contributed by atoms with van der Waals surface area (Å²) < 4.78 is 61.2. The lowest BCUT2D eigenvalue weighted by molar-refractivity contribution is -0.0679. The van der Waals surface area contributed by atoms with Crippen molar-refractivity contribution in [2.45, 2.75) is 172 Å². The average molecular weight is 1650 g/mol. The Hall–Kier alpha value is -11.4. The highest BCUT2D eigenvalue weighted by Gasteiger charge is 2.34. The van der Waals surface area contributed by atoms with Gasteiger partial charge in [0.2, 0.25) is 0 Å². The third-order valence-corrected chi connectivity index (χ3v) is 23.1. The molecule has 0 N–H and O–H groups in total. The Morgan fingerprint density at radius 1 is 0.341 bits per heavy atom. The average Bonchev–Trinajstić information content (AvgIpc) is 1.62. The van der Waals surface area contributed by atoms with Crippen LogP contribution in [0.1, 0.15) is 196 Å². The first kappa shape index (κ1) is 92.3. The topological polar surface area (TPSA) is 126 Å². The quantitative estimate of drug-likeness (QED) is 0.0386. The number of carbonyl (C=O) groups is 2. The van der Waals surface area contributed by atoms with Crippen molar-refractivity contribution < 1.29 is 57.0 Å². The molecule has 12 heteroatoms. The number of rotatable bonds is 21. The molecule has 2 aliphatic carbocycles. The van der Waals surface area contributed by atoms with Gasteiger partial charge in [0, 0.05) is 41.4 Å². The number of hydrogen-bond donors (Lipinski definition) is 0. The van der Waals surface area contributed by atoms with Crippen LogP contribution in [-0.2, 0) is 31.8 Å². The minimum Gasteiger partial charge on any atom is -0.494 e. The van der Waals surface area contributed by atoms with Crippen LogP contribution in [0, 0.1) is 29.6 Å². The fourth-order valence-corrected chi connectivity index (χ4v) is 16.6. The van der Waals surface area contributed by atoms with Crippen LogP contribution in [0.3, 0.4) is 0 Å². The SMILES string of the molecule is CC.CC.CC.CC.CC1CCC(Cc2ccc(C(=O)O[C@H](c3ccccc3)[C@H](OC(=O)c3ccc(CC4CCC(C)CC4)cc3)c3ccccc3)cc2)CC1.CCOCCC1COc2ccc3ccccc3c2-c2c(ccc3ccccc23)OC1.CCOc1ccc(OCOC2COc3ccc4ccccc4c3-c3c(ccc4ccccc34)OC2)cc1. The van der Waals surface area contributed by atoms with E-state index >= 15 is 0 Å². The van der Waals surface area contributed by atoms with E-state index in [-0.39, 0.29) is 18.8 Å². The fraction of sp³-hybridized carbons (Fsp3) is 0.351. The molecular weight excluding hydrogens is 1530 g/mol. The number of hydrogen-bond acceptors (Lipinski definition) is 12. The van der Waals surface area contributed by atoms with Crippen LogP contribution in [0.2, 0.25) is 0 Å². The van der Waals surface area contributed by atoms with E-state index in [1.807, 2.05) is 191 Å². The van der Waals surface area contributed by atoms with Gasteiger partial charge in [-0.05, 0) is 221 Å². The molecule has 4 aliphatic rings. The molecule has 2 aliphatic heterocycles. The Bertz CT molecular complexity index is 5040. The van der Waals surface area contributed by atoms with Gasteiger partial charge in [-0.15, -0.1) is 0 Å². The van der Waals surface area contributed by atoms with Gasteiger partial charge in [-0.1, -0.05) is 301 Å². The molecular formula is C111H128O12. The van der Waals surface area contributed by atoms with Crippen LogP contribution in [0.4, 0.5) is 0 Å². The van der Waals surface area contributed by atoms with Crippen LogP contribution in [-0.4, -0.2) is 71.1 Å². The van der Waals surface area contributed by atoms with E-state index in [2.05, 4.69) is 172 Å². The zero-order valence-corrected chi connectivity index (χ0v) is 74.5. The molecule has 123 heavy (non-hydrogen) atoms. The van der Waals surface area contributed by atoms with Crippen LogP contribution in [0.25, 0.3) is 65.3 Å². The van der Waals surface area contributed by atoms with E-state index < -0.39 is 24.1 Å². The summed E-state index contributed by atoms with van der Waals surface area (Å²) in [6, 6.07) is 92.8. The van der Waals surface area contributed by atoms with Crippen molar-refractivity contribution in [1.29, 1.82) is 0 Å². The lowest BCUT2D eigenvalue weighted by atomic mass is 9.80. The molecule has 2 saturated carbocycles. The summed E-state index contributed by atoms with van der Waals surface area (Å²) in [5.74, 6) is 7.43. The monoisotopic (exact) mass is 1650 g/mol. The second kappa shape index (κ2) is 48.4. The molecule has 644 valence electrons. The number of benzene rings is 13. The number of fused-ring (bicyclic) bond motifs is 14. The van der Waals surface area contributed by atoms with Crippen LogP contribution in [0.5, 0.6) is 34.5 Å². The normalized spacial score (nSPS) is 16.4. The molecule has 0 saturated heterocycles. The van der Waals surface area contributed by atoms with Gasteiger partial charge >= 0.3 is 11.9 Å². The summed E-state index contributed by atoms with van der Waals surface area (Å²) in [5.41, 5.74) is 9.29. The van der Waals surface area contributed by atoms with Crippen molar-refractivity contribution in [3.05, 3.63) is 312 Å². The van der Waals surface area contributed by atoms with Crippen molar-refractivity contribution in [2.75, 3.05) is 53.0 Å². The van der Waals surface area contributed by atoms with Crippen molar-refractivity contribution >= 4 is 55.0 Å². The molecule has 2 atom stereocenters. The van der Waals surface area contributed by atoms with Crippen LogP contribution >= 0.6 is 0 Å². The Balaban J connectivity index is 0.000000177. The maximum Gasteiger partial charge on any atom is 0.338 e. The van der Waals surface area contributed by atoms with Gasteiger partial charge in [0.25, 0.3) is 0 Å². The van der Waals surface area contributed by atoms with Crippen LogP contribution in [0.15, 0.2) is 279 Å². The largest absolute Gasteiger partial charge is 0.494 e. The van der Waals surface area contributed by atoms with E-state index in [9.17, 15) is 9.59 Å². The Kier molecular flexibility index (Phi) is 36.3. The summed E-state index contributed by atoms with van der Waals surface area (Å²) in [6.07, 6.45) is 11.3. The highest BCUT2D eigenvalue weighted by atomic mass is 16.7. The van der Waals surface area contributed by atoms with E-state index in [4.69, 9.17) is 47.4 Å². The van der Waals surface area contributed by atoms with E-state index in [0.717, 1.165) is 128 Å². The molecule has 2 heterocycles. The fourth-order valence-electron chi connectivity index (χ4n) is 16.6. The summed E-state index contributed by atoms with van der Waals surface area (Å²) in [5, 5.41) is 9.32. The molecule has 13 aromatic rings. The molecule has 17 rings (SSSR count). The summed E-state index contributed by atoms with van der Waals surface area (Å²) in [4.78, 5) is 27.4. The summed E-state index contributed by atoms with van der Waals surface area (Å²) in [6.45, 7) is 28.8. The number of carbonyl (C=O) groups excluding carboxylic acids is 2. The van der Waals surface area contributed by atoms with Gasteiger partial charge in [-0.2, -0.15) is 0 Å². The van der Waals surface area contributed by atoms with Gasteiger partial charge in [-0.25, -0.2) is 9.59 Å². The highest BCUT2D eigenvalue weighted by Crippen LogP contribution is 2.49. The predicted octanol–water partition coefficient (Wildman–Crippen LogP) is 28.8. The predicted molar refractivity (Wildman–Crippen MR) is 505 cm³/mol. The molecule has 0 aromatic heterocycles. The molecule has 0 amide bonds. The molecule has 0 radical (unpaired) electrons. The van der Waals surface area contributed by atoms with E-state index in [1.54, 1.807) is 0 Å². The minimum absolute atomic E-state index is 0.0839. The standard InChI is InChI=1S/C44H50O4.C32H28O5.C27H26O3.4C2H6/c1-31-13-17-33(18-14-31)29-35-21-25-39(26-22-35)43(45)47-41(37-9-5-3-6-10-37)42(38-11-7-4-8-12-38)48-44(46)40-27-23-36(24-28-40)30-34-19-15-32(2)16-20-34;1-2-33-24-13-15-25(16-14-24)36-21-37-26-19-34-29-17-11-22-7-3-5-9-27(22)31(29)32-28-10-6-4-8-23(28)12-18-30(32)35-20-26;1-2-28-16-15-19-17-29-24-13-11-20-7-3-5-9-22(20)26(24)27-23-10-6-4-8-21(23)12-14-25(27)30-18-19;4*1-2/h3-12,21-28,31-34,41-42H,13-20,29-30H2,1-2H3;3-18,26H,2,19-21H2,1H3;3-14,19H,2,15-18H2,1H3;4*1-2H3/t31?,32?,33?,34?,41-,42-;;;;;;/m1....../s1. The second-order valence-electron chi connectivity index (χ2n) is 31.2. The van der Waals surface area contributed by atoms with Gasteiger partial charge in [0.1, 0.15) is 53.8 Å². The molecule has 0 unspecified atom stereocenters. The van der Waals surface area contributed by atoms with E-state index in [0.29, 0.717) is 61.7 Å². The molecule has 0 spiro atoms. The van der Waals surface area contributed by atoms with Gasteiger partial charge in [-0.3, -0.25) is 0 Å². The minimum atomic E-state index is -0.845. The Labute approximate surface area is 731 Å². The van der Waals surface area contributed by atoms with E-state index in [1.165, 1.54) is 84.0 Å². The Morgan fingerprint density at radius 2 is 0.667 bits per heavy atom.